The number of rotatable bonds is 7. The average Bonchev–Trinajstić information content (AvgIpc) is 3.66. The number of carbonyl (C=O) groups is 2. The number of carbonyl (C=O) groups excluding carboxylic acids is 2. The van der Waals surface area contributed by atoms with Crippen molar-refractivity contribution >= 4 is 28.5 Å². The van der Waals surface area contributed by atoms with E-state index in [2.05, 4.69) is 37.8 Å². The van der Waals surface area contributed by atoms with E-state index in [-0.39, 0.29) is 29.2 Å². The van der Waals surface area contributed by atoms with Crippen molar-refractivity contribution in [3.63, 3.8) is 0 Å². The first-order valence-corrected chi connectivity index (χ1v) is 13.7. The van der Waals surface area contributed by atoms with Crippen LogP contribution in [0.2, 0.25) is 0 Å². The van der Waals surface area contributed by atoms with Gasteiger partial charge in [-0.3, -0.25) is 14.6 Å². The molecule has 0 radical (unpaired) electrons. The van der Waals surface area contributed by atoms with Crippen LogP contribution in [0.4, 0.5) is 5.69 Å². The highest BCUT2D eigenvalue weighted by Crippen LogP contribution is 2.34. The lowest BCUT2D eigenvalue weighted by Gasteiger charge is -2.35. The van der Waals surface area contributed by atoms with Crippen LogP contribution in [-0.4, -0.2) is 55.0 Å². The first-order valence-electron chi connectivity index (χ1n) is 16.7. The summed E-state index contributed by atoms with van der Waals surface area (Å²) < 4.78 is 51.2. The van der Waals surface area contributed by atoms with Crippen LogP contribution in [0.1, 0.15) is 62.7 Å². The molecule has 214 valence electrons. The highest BCUT2D eigenvalue weighted by molar-refractivity contribution is 5.96. The Morgan fingerprint density at radius 3 is 2.60 bits per heavy atom. The fourth-order valence-corrected chi connectivity index (χ4v) is 5.42. The quantitative estimate of drug-likeness (QED) is 0.274. The summed E-state index contributed by atoms with van der Waals surface area (Å²) in [6, 6.07) is 19.7. The molecule has 6 rings (SSSR count). The van der Waals surface area contributed by atoms with Gasteiger partial charge in [-0.15, -0.1) is 10.2 Å². The molecule has 0 aliphatic carbocycles. The zero-order valence-electron chi connectivity index (χ0n) is 28.9. The largest absolute Gasteiger partial charge is 0.456 e. The summed E-state index contributed by atoms with van der Waals surface area (Å²) >= 11 is 0. The SMILES string of the molecule is [2H]C([2H])([2H])C(C(=O)Nc1ccc2oc(-c3ccnc(C(=O)N4CCC([C@H](c5ccccc5)n5nnc(C)n5)CC4)c3)cc2c1)C([2H])([2H])[2H]. The van der Waals surface area contributed by atoms with Crippen LogP contribution in [-0.2, 0) is 4.79 Å². The Labute approximate surface area is 252 Å². The Bertz CT molecular complexity index is 1920. The molecule has 1 N–H and O–H groups in total. The van der Waals surface area contributed by atoms with E-state index in [1.54, 1.807) is 53.1 Å². The van der Waals surface area contributed by atoms with Gasteiger partial charge in [0.15, 0.2) is 5.82 Å². The van der Waals surface area contributed by atoms with Crippen molar-refractivity contribution in [1.82, 2.24) is 30.1 Å². The van der Waals surface area contributed by atoms with Crippen LogP contribution < -0.4 is 5.32 Å². The van der Waals surface area contributed by atoms with Crippen molar-refractivity contribution in [2.45, 2.75) is 39.5 Å². The first-order chi connectivity index (χ1) is 22.8. The second-order valence-electron chi connectivity index (χ2n) is 10.4. The molecule has 10 nitrogen and oxygen atoms in total. The smallest absolute Gasteiger partial charge is 0.272 e. The van der Waals surface area contributed by atoms with Crippen molar-refractivity contribution < 1.29 is 22.2 Å². The van der Waals surface area contributed by atoms with Gasteiger partial charge in [0.1, 0.15) is 23.1 Å². The average molecular weight is 570 g/mol. The molecule has 5 aromatic rings. The maximum Gasteiger partial charge on any atom is 0.272 e. The van der Waals surface area contributed by atoms with Gasteiger partial charge in [0, 0.05) is 50.1 Å². The molecule has 0 spiro atoms. The molecule has 0 bridgehead atoms. The number of hydrogen-bond acceptors (Lipinski definition) is 7. The minimum absolute atomic E-state index is 0.0995. The lowest BCUT2D eigenvalue weighted by Crippen LogP contribution is -2.41. The number of piperidine rings is 1. The van der Waals surface area contributed by atoms with Crippen molar-refractivity contribution in [2.24, 2.45) is 11.8 Å². The summed E-state index contributed by atoms with van der Waals surface area (Å²) in [5.41, 5.74) is 2.67. The molecule has 4 heterocycles. The van der Waals surface area contributed by atoms with E-state index in [0.29, 0.717) is 41.2 Å². The van der Waals surface area contributed by atoms with Gasteiger partial charge in [-0.1, -0.05) is 44.0 Å². The highest BCUT2D eigenvalue weighted by Gasteiger charge is 2.32. The first kappa shape index (κ1) is 20.9. The fourth-order valence-electron chi connectivity index (χ4n) is 5.42. The molecule has 0 saturated carbocycles. The molecule has 1 fully saturated rings. The van der Waals surface area contributed by atoms with Gasteiger partial charge in [-0.25, -0.2) is 0 Å². The third-order valence-electron chi connectivity index (χ3n) is 7.50. The Kier molecular flexibility index (Phi) is 5.76. The summed E-state index contributed by atoms with van der Waals surface area (Å²) in [6.07, 6.45) is 3.03. The van der Waals surface area contributed by atoms with Crippen LogP contribution in [0.3, 0.4) is 0 Å². The molecular formula is C32H33N7O3. The maximum atomic E-state index is 13.6. The van der Waals surface area contributed by atoms with E-state index >= 15 is 0 Å². The van der Waals surface area contributed by atoms with Gasteiger partial charge < -0.3 is 14.6 Å². The lowest BCUT2D eigenvalue weighted by molar-refractivity contribution is -0.118. The third-order valence-corrected chi connectivity index (χ3v) is 7.50. The summed E-state index contributed by atoms with van der Waals surface area (Å²) in [7, 11) is 0. The number of nitrogens with one attached hydrogen (secondary N) is 1. The number of aryl methyl sites for hydroxylation is 1. The highest BCUT2D eigenvalue weighted by atomic mass is 16.3. The topological polar surface area (TPSA) is 119 Å². The fraction of sp³-hybridized carbons (Fsp3) is 0.312. The number of amides is 2. The Morgan fingerprint density at radius 1 is 1.05 bits per heavy atom. The normalized spacial score (nSPS) is 17.5. The predicted octanol–water partition coefficient (Wildman–Crippen LogP) is 5.53. The molecule has 1 aliphatic heterocycles. The van der Waals surface area contributed by atoms with Crippen molar-refractivity contribution in [3.8, 4) is 11.3 Å². The monoisotopic (exact) mass is 569 g/mol. The second kappa shape index (κ2) is 11.6. The Morgan fingerprint density at radius 2 is 1.86 bits per heavy atom. The molecule has 42 heavy (non-hydrogen) atoms. The standard InChI is InChI=1S/C32H33N7O3/c1-20(2)31(40)34-26-9-10-28-25(17-26)19-29(42-28)24-11-14-33-27(18-24)32(41)38-15-12-23(13-16-38)30(22-7-5-4-6-8-22)39-36-21(3)35-37-39/h4-11,14,17-20,23,30H,12-13,15-16H2,1-3H3,(H,34,40)/t30-/m0/s1/i1D3,2D3. The number of hydrogen-bond donors (Lipinski definition) is 1. The zero-order chi connectivity index (χ0) is 34.2. The van der Waals surface area contributed by atoms with Crippen molar-refractivity contribution in [2.75, 3.05) is 18.4 Å². The number of aromatic nitrogens is 5. The van der Waals surface area contributed by atoms with Gasteiger partial charge in [0.2, 0.25) is 5.91 Å². The summed E-state index contributed by atoms with van der Waals surface area (Å²) in [4.78, 5) is 34.1. The number of furan rings is 1. The van der Waals surface area contributed by atoms with E-state index in [4.69, 9.17) is 12.6 Å². The zero-order valence-corrected chi connectivity index (χ0v) is 22.9. The summed E-state index contributed by atoms with van der Waals surface area (Å²) in [5, 5.41) is 15.8. The molecule has 1 aliphatic rings. The van der Waals surface area contributed by atoms with E-state index in [1.807, 2.05) is 18.2 Å². The molecule has 2 amide bonds. The molecule has 0 unspecified atom stereocenters. The molecule has 2 aromatic carbocycles. The third kappa shape index (κ3) is 5.65. The number of tetrazole rings is 1. The van der Waals surface area contributed by atoms with E-state index in [9.17, 15) is 9.59 Å². The van der Waals surface area contributed by atoms with Gasteiger partial charge in [0.05, 0.1) is 0 Å². The van der Waals surface area contributed by atoms with Crippen LogP contribution in [0, 0.1) is 18.8 Å². The summed E-state index contributed by atoms with van der Waals surface area (Å²) in [6.45, 7) is -3.13. The van der Waals surface area contributed by atoms with Crippen LogP contribution in [0.25, 0.3) is 22.3 Å². The van der Waals surface area contributed by atoms with Gasteiger partial charge >= 0.3 is 0 Å². The summed E-state index contributed by atoms with van der Waals surface area (Å²) in [5.74, 6) is -2.25. The molecule has 10 heteroatoms. The second-order valence-corrected chi connectivity index (χ2v) is 10.4. The number of anilines is 1. The van der Waals surface area contributed by atoms with Crippen molar-refractivity contribution in [1.29, 1.82) is 0 Å². The number of pyridine rings is 1. The predicted molar refractivity (Wildman–Crippen MR) is 159 cm³/mol. The van der Waals surface area contributed by atoms with Crippen LogP contribution >= 0.6 is 0 Å². The van der Waals surface area contributed by atoms with Crippen LogP contribution in [0.5, 0.6) is 0 Å². The minimum atomic E-state index is -3.01. The molecule has 1 saturated heterocycles. The number of fused-ring (bicyclic) bond motifs is 1. The Balaban J connectivity index is 1.15. The molecule has 3 aromatic heterocycles. The van der Waals surface area contributed by atoms with Gasteiger partial charge in [0.25, 0.3) is 5.91 Å². The molecule has 1 atom stereocenters. The lowest BCUT2D eigenvalue weighted by atomic mass is 9.85. The number of nitrogens with zero attached hydrogens (tertiary/aromatic N) is 6. The maximum absolute atomic E-state index is 13.6. The minimum Gasteiger partial charge on any atom is -0.456 e. The van der Waals surface area contributed by atoms with Crippen molar-refractivity contribution in [3.05, 3.63) is 90.0 Å². The van der Waals surface area contributed by atoms with Gasteiger partial charge in [-0.05, 0) is 72.9 Å². The number of benzene rings is 2. The number of likely N-dealkylation sites (tertiary alicyclic amines) is 1. The van der Waals surface area contributed by atoms with E-state index in [0.717, 1.165) is 18.4 Å². The Hall–Kier alpha value is -4.86. The molecular weight excluding hydrogens is 530 g/mol. The van der Waals surface area contributed by atoms with E-state index < -0.39 is 25.5 Å². The van der Waals surface area contributed by atoms with E-state index in [1.165, 1.54) is 6.07 Å². The van der Waals surface area contributed by atoms with Gasteiger partial charge in [-0.2, -0.15) is 4.80 Å². The van der Waals surface area contributed by atoms with Crippen LogP contribution in [0.15, 0.2) is 77.3 Å².